The van der Waals surface area contributed by atoms with Crippen molar-refractivity contribution >= 4 is 18.2 Å². The molecule has 5 aliphatic carbocycles. The van der Waals surface area contributed by atoms with Crippen molar-refractivity contribution in [2.24, 2.45) is 39.7 Å². The van der Waals surface area contributed by atoms with Crippen LogP contribution in [-0.4, -0.2) is 49.2 Å². The van der Waals surface area contributed by atoms with Gasteiger partial charge in [0.2, 0.25) is 0 Å². The lowest BCUT2D eigenvalue weighted by molar-refractivity contribution is -0.119. The number of ether oxygens (including phenoxy) is 3. The summed E-state index contributed by atoms with van der Waals surface area (Å²) in [7, 11) is 1.56. The lowest BCUT2D eigenvalue weighted by Gasteiger charge is -2.58. The van der Waals surface area contributed by atoms with Gasteiger partial charge in [0.25, 0.3) is 0 Å². The molecule has 0 N–H and O–H groups in total. The number of hydrogen-bond donors (Lipinski definition) is 0. The molecule has 0 aromatic rings. The summed E-state index contributed by atoms with van der Waals surface area (Å²) in [6.07, 6.45) is 8.60. The zero-order chi connectivity index (χ0) is 21.4. The number of cyclic esters (lactones) is 1. The van der Waals surface area contributed by atoms with E-state index in [-0.39, 0.29) is 46.1 Å². The number of carbonyl (C=O) groups is 2. The maximum Gasteiger partial charge on any atom is 0.509 e. The number of fused-ring (bicyclic) bond motifs is 7. The highest BCUT2D eigenvalue weighted by Crippen LogP contribution is 2.81. The van der Waals surface area contributed by atoms with Gasteiger partial charge in [0.05, 0.1) is 6.10 Å². The van der Waals surface area contributed by atoms with E-state index in [0.717, 1.165) is 19.3 Å². The Morgan fingerprint density at radius 1 is 1.26 bits per heavy atom. The summed E-state index contributed by atoms with van der Waals surface area (Å²) < 4.78 is 18.0. The summed E-state index contributed by atoms with van der Waals surface area (Å²) in [5.74, 6) is 1.11. The zero-order valence-electron chi connectivity index (χ0n) is 18.1. The summed E-state index contributed by atoms with van der Waals surface area (Å²) in [6.45, 7) is 4.86. The first-order valence-corrected chi connectivity index (χ1v) is 11.4. The fraction of sp³-hybridized carbons (Fsp3) is 0.708. The smallest absolute Gasteiger partial charge is 0.430 e. The summed E-state index contributed by atoms with van der Waals surface area (Å²) in [5.41, 5.74) is 1.07. The number of oxime groups is 1. The molecule has 164 valence electrons. The average molecular weight is 425 g/mol. The molecule has 2 saturated heterocycles. The quantitative estimate of drug-likeness (QED) is 0.222. The monoisotopic (exact) mass is 425 g/mol. The molecule has 7 heteroatoms. The van der Waals surface area contributed by atoms with Crippen LogP contribution < -0.4 is 0 Å². The summed E-state index contributed by atoms with van der Waals surface area (Å²) in [5, 5.41) is 4.17. The van der Waals surface area contributed by atoms with Crippen LogP contribution in [0, 0.1) is 34.5 Å². The Bertz CT molecular complexity index is 1030. The second kappa shape index (κ2) is 5.25. The number of hydrogen-bond acceptors (Lipinski definition) is 7. The normalized spacial score (nSPS) is 55.3. The summed E-state index contributed by atoms with van der Waals surface area (Å²) in [4.78, 5) is 29.4. The molecule has 0 aromatic carbocycles. The van der Waals surface area contributed by atoms with Gasteiger partial charge in [-0.25, -0.2) is 4.79 Å². The maximum absolute atomic E-state index is 12.3. The van der Waals surface area contributed by atoms with Crippen LogP contribution in [0.5, 0.6) is 0 Å². The van der Waals surface area contributed by atoms with Gasteiger partial charge in [0.15, 0.2) is 11.4 Å². The van der Waals surface area contributed by atoms with Crippen LogP contribution in [0.15, 0.2) is 28.5 Å². The van der Waals surface area contributed by atoms with Crippen LogP contribution in [0.25, 0.3) is 0 Å². The van der Waals surface area contributed by atoms with Crippen LogP contribution >= 0.6 is 0 Å². The van der Waals surface area contributed by atoms with Gasteiger partial charge in [0.1, 0.15) is 19.3 Å². The van der Waals surface area contributed by atoms with Gasteiger partial charge in [-0.2, -0.15) is 0 Å². The second-order valence-electron chi connectivity index (χ2n) is 11.0. The largest absolute Gasteiger partial charge is 0.509 e. The molecule has 3 saturated carbocycles. The Morgan fingerprint density at radius 3 is 2.84 bits per heavy atom. The van der Waals surface area contributed by atoms with Crippen molar-refractivity contribution in [1.29, 1.82) is 0 Å². The van der Waals surface area contributed by atoms with Gasteiger partial charge < -0.3 is 19.0 Å². The topological polar surface area (TPSA) is 86.7 Å². The molecule has 31 heavy (non-hydrogen) atoms. The van der Waals surface area contributed by atoms with Crippen molar-refractivity contribution < 1.29 is 28.6 Å². The Morgan fingerprint density at radius 2 is 2.10 bits per heavy atom. The standard InChI is InChI=1S/C24H27NO6/c1-21-5-4-14(26)7-13(21)6-12(10-25-28-3)18-19-15-8-16(15)23(11-29-20(27)31-23)22(19,2)9-17-24(18,21)30-17/h7-8,10,12,15,17-19H,4-6,9,11H2,1-3H3/b25-10+/t12-,15+,17+,18?,19?,21-,22-,23-,24+/m0/s1. The first-order valence-electron chi connectivity index (χ1n) is 11.4. The Kier molecular flexibility index (Phi) is 3.12. The lowest BCUT2D eigenvalue weighted by atomic mass is 9.43. The van der Waals surface area contributed by atoms with Crippen molar-refractivity contribution in [3.63, 3.8) is 0 Å². The van der Waals surface area contributed by atoms with Gasteiger partial charge in [-0.15, -0.1) is 0 Å². The van der Waals surface area contributed by atoms with Crippen LogP contribution in [0.3, 0.4) is 0 Å². The number of carbonyl (C=O) groups excluding carboxylic acids is 2. The molecular weight excluding hydrogens is 398 g/mol. The average Bonchev–Trinajstić information content (AvgIpc) is 3.61. The Balaban J connectivity index is 1.39. The molecule has 7 aliphatic rings. The molecule has 7 rings (SSSR count). The van der Waals surface area contributed by atoms with Crippen LogP contribution in [-0.2, 0) is 23.8 Å². The highest BCUT2D eigenvalue weighted by Gasteiger charge is 2.86. The third-order valence-electron chi connectivity index (χ3n) is 10.1. The first-order chi connectivity index (χ1) is 14.8. The molecule has 0 amide bonds. The van der Waals surface area contributed by atoms with E-state index in [1.807, 2.05) is 12.3 Å². The van der Waals surface area contributed by atoms with Crippen LogP contribution in [0.4, 0.5) is 4.79 Å². The lowest BCUT2D eigenvalue weighted by Crippen LogP contribution is -2.63. The van der Waals surface area contributed by atoms with E-state index in [9.17, 15) is 9.59 Å². The van der Waals surface area contributed by atoms with E-state index in [2.05, 4.69) is 25.1 Å². The number of rotatable bonds is 2. The first kappa shape index (κ1) is 18.4. The van der Waals surface area contributed by atoms with E-state index >= 15 is 0 Å². The number of ketones is 1. The van der Waals surface area contributed by atoms with Gasteiger partial charge >= 0.3 is 6.16 Å². The van der Waals surface area contributed by atoms with Crippen LogP contribution in [0.2, 0.25) is 0 Å². The highest BCUT2D eigenvalue weighted by molar-refractivity contribution is 5.92. The fourth-order valence-corrected chi connectivity index (χ4v) is 8.68. The molecule has 0 radical (unpaired) electrons. The van der Waals surface area contributed by atoms with Crippen LogP contribution in [0.1, 0.15) is 39.5 Å². The third kappa shape index (κ3) is 1.83. The van der Waals surface area contributed by atoms with Gasteiger partial charge in [0, 0.05) is 41.2 Å². The van der Waals surface area contributed by atoms with E-state index < -0.39 is 11.8 Å². The second-order valence-corrected chi connectivity index (χ2v) is 11.0. The Hall–Kier alpha value is -2.15. The van der Waals surface area contributed by atoms with E-state index in [1.54, 1.807) is 7.11 Å². The third-order valence-corrected chi connectivity index (χ3v) is 10.1. The molecule has 0 bridgehead atoms. The number of epoxide rings is 1. The van der Waals surface area contributed by atoms with Crippen molar-refractivity contribution in [1.82, 2.24) is 0 Å². The van der Waals surface area contributed by atoms with Crippen molar-refractivity contribution in [3.05, 3.63) is 23.3 Å². The highest BCUT2D eigenvalue weighted by atomic mass is 16.8. The molecule has 0 aromatic heterocycles. The van der Waals surface area contributed by atoms with E-state index in [4.69, 9.17) is 19.0 Å². The minimum absolute atomic E-state index is 0.0772. The SMILES string of the molecule is CO/N=C/[C@@H]1CC2=CC(=O)CC[C@]2(C)[C@@]23O[C@@H]2C[C@@]2(C)C(C13)[C@@H]1C=C1[C@@]21COC(=O)O1. The van der Waals surface area contributed by atoms with Gasteiger partial charge in [-0.3, -0.25) is 4.79 Å². The van der Waals surface area contributed by atoms with Crippen molar-refractivity contribution in [3.8, 4) is 0 Å². The number of nitrogens with zero attached hydrogens (tertiary/aromatic N) is 1. The van der Waals surface area contributed by atoms with E-state index in [0.29, 0.717) is 18.9 Å². The molecule has 2 aliphatic heterocycles. The molecule has 7 nitrogen and oxygen atoms in total. The van der Waals surface area contributed by atoms with E-state index in [1.165, 1.54) is 11.1 Å². The van der Waals surface area contributed by atoms with Crippen molar-refractivity contribution in [2.75, 3.05) is 13.7 Å². The van der Waals surface area contributed by atoms with Crippen molar-refractivity contribution in [2.45, 2.75) is 56.8 Å². The predicted molar refractivity (Wildman–Crippen MR) is 108 cm³/mol. The fourth-order valence-electron chi connectivity index (χ4n) is 8.68. The molecule has 2 spiro atoms. The molecule has 5 fully saturated rings. The minimum Gasteiger partial charge on any atom is -0.430 e. The maximum atomic E-state index is 12.3. The molecule has 9 atom stereocenters. The summed E-state index contributed by atoms with van der Waals surface area (Å²) >= 11 is 0. The zero-order valence-corrected chi connectivity index (χ0v) is 18.1. The van der Waals surface area contributed by atoms with Gasteiger partial charge in [-0.05, 0) is 36.8 Å². The number of allylic oxidation sites excluding steroid dienone is 1. The summed E-state index contributed by atoms with van der Waals surface area (Å²) in [6, 6.07) is 0. The predicted octanol–water partition coefficient (Wildman–Crippen LogP) is 3.19. The molecular formula is C24H27NO6. The Labute approximate surface area is 180 Å². The molecule has 2 heterocycles. The minimum atomic E-state index is -0.667. The molecule has 2 unspecified atom stereocenters. The van der Waals surface area contributed by atoms with Gasteiger partial charge in [-0.1, -0.05) is 30.7 Å².